The lowest BCUT2D eigenvalue weighted by atomic mass is 9.94. The first-order valence-electron chi connectivity index (χ1n) is 6.51. The zero-order valence-corrected chi connectivity index (χ0v) is 13.7. The summed E-state index contributed by atoms with van der Waals surface area (Å²) < 4.78 is 22.7. The van der Waals surface area contributed by atoms with Crippen molar-refractivity contribution in [2.75, 3.05) is 0 Å². The van der Waals surface area contributed by atoms with Crippen LogP contribution in [0.5, 0.6) is 0 Å². The summed E-state index contributed by atoms with van der Waals surface area (Å²) in [5, 5.41) is 2.95. The summed E-state index contributed by atoms with van der Waals surface area (Å²) in [6, 6.07) is 4.30. The lowest BCUT2D eigenvalue weighted by Gasteiger charge is -2.28. The van der Waals surface area contributed by atoms with E-state index in [9.17, 15) is 13.2 Å². The van der Waals surface area contributed by atoms with Gasteiger partial charge in [0.15, 0.2) is 0 Å². The average Bonchev–Trinajstić information content (AvgIpc) is 2.37. The topological polar surface area (TPSA) is 63.2 Å². The van der Waals surface area contributed by atoms with Gasteiger partial charge in [-0.3, -0.25) is 4.79 Å². The lowest BCUT2D eigenvalue weighted by Crippen LogP contribution is -2.45. The number of amides is 1. The van der Waals surface area contributed by atoms with Gasteiger partial charge in [-0.1, -0.05) is 19.9 Å². The standard InChI is InChI=1S/C14H20ClNO3S/c1-5-14(4,6-2)16-13(17)12-9-11(20(15,18)19)8-7-10(12)3/h7-9H,5-6H2,1-4H3,(H,16,17). The Bertz CT molecular complexity index is 607. The number of halogens is 1. The quantitative estimate of drug-likeness (QED) is 0.848. The van der Waals surface area contributed by atoms with Gasteiger partial charge in [-0.25, -0.2) is 8.42 Å². The number of carbonyl (C=O) groups is 1. The number of carbonyl (C=O) groups excluding carboxylic acids is 1. The molecule has 0 spiro atoms. The molecular weight excluding hydrogens is 298 g/mol. The van der Waals surface area contributed by atoms with Crippen molar-refractivity contribution in [3.05, 3.63) is 29.3 Å². The van der Waals surface area contributed by atoms with Gasteiger partial charge in [0.25, 0.3) is 15.0 Å². The predicted octanol–water partition coefficient (Wildman–Crippen LogP) is 3.23. The molecule has 0 radical (unpaired) electrons. The van der Waals surface area contributed by atoms with E-state index in [1.165, 1.54) is 12.1 Å². The minimum atomic E-state index is -3.84. The number of aryl methyl sites for hydroxylation is 1. The van der Waals surface area contributed by atoms with E-state index in [1.807, 2.05) is 20.8 Å². The molecule has 20 heavy (non-hydrogen) atoms. The molecule has 1 N–H and O–H groups in total. The third-order valence-electron chi connectivity index (χ3n) is 3.71. The van der Waals surface area contributed by atoms with Crippen LogP contribution >= 0.6 is 10.7 Å². The van der Waals surface area contributed by atoms with E-state index >= 15 is 0 Å². The van der Waals surface area contributed by atoms with Gasteiger partial charge in [0.2, 0.25) is 0 Å². The third kappa shape index (κ3) is 3.96. The van der Waals surface area contributed by atoms with Crippen molar-refractivity contribution < 1.29 is 13.2 Å². The van der Waals surface area contributed by atoms with Crippen molar-refractivity contribution in [2.45, 2.75) is 51.0 Å². The Hall–Kier alpha value is -1.07. The number of hydrogen-bond donors (Lipinski definition) is 1. The molecule has 0 aliphatic rings. The first-order chi connectivity index (χ1) is 9.13. The third-order valence-corrected chi connectivity index (χ3v) is 5.06. The lowest BCUT2D eigenvalue weighted by molar-refractivity contribution is 0.0900. The zero-order chi connectivity index (χ0) is 15.6. The fourth-order valence-corrected chi connectivity index (χ4v) is 2.54. The van der Waals surface area contributed by atoms with Crippen LogP contribution in [0.2, 0.25) is 0 Å². The second-order valence-corrected chi connectivity index (χ2v) is 7.70. The molecule has 1 rings (SSSR count). The van der Waals surface area contributed by atoms with Crippen LogP contribution in [0.25, 0.3) is 0 Å². The fraction of sp³-hybridized carbons (Fsp3) is 0.500. The van der Waals surface area contributed by atoms with Crippen LogP contribution in [-0.2, 0) is 9.05 Å². The maximum atomic E-state index is 12.3. The number of nitrogens with one attached hydrogen (secondary N) is 1. The molecule has 0 heterocycles. The van der Waals surface area contributed by atoms with Gasteiger partial charge < -0.3 is 5.32 Å². The van der Waals surface area contributed by atoms with Crippen LogP contribution in [0.3, 0.4) is 0 Å². The Balaban J connectivity index is 3.17. The Morgan fingerprint density at radius 3 is 2.30 bits per heavy atom. The van der Waals surface area contributed by atoms with Crippen LogP contribution < -0.4 is 5.32 Å². The van der Waals surface area contributed by atoms with Crippen molar-refractivity contribution in [3.8, 4) is 0 Å². The number of hydrogen-bond acceptors (Lipinski definition) is 3. The molecule has 1 amide bonds. The molecule has 1 aromatic rings. The second kappa shape index (κ2) is 6.14. The summed E-state index contributed by atoms with van der Waals surface area (Å²) in [5.41, 5.74) is 0.736. The maximum Gasteiger partial charge on any atom is 0.261 e. The molecule has 6 heteroatoms. The molecule has 0 saturated carbocycles. The van der Waals surface area contributed by atoms with Crippen molar-refractivity contribution in [2.24, 2.45) is 0 Å². The van der Waals surface area contributed by atoms with Gasteiger partial charge in [0.1, 0.15) is 0 Å². The van der Waals surface area contributed by atoms with Gasteiger partial charge >= 0.3 is 0 Å². The maximum absolute atomic E-state index is 12.3. The summed E-state index contributed by atoms with van der Waals surface area (Å²) in [6.45, 7) is 7.71. The summed E-state index contributed by atoms with van der Waals surface area (Å²) in [7, 11) is 1.48. The van der Waals surface area contributed by atoms with E-state index in [0.717, 1.165) is 12.8 Å². The van der Waals surface area contributed by atoms with Gasteiger partial charge in [-0.2, -0.15) is 0 Å². The smallest absolute Gasteiger partial charge is 0.261 e. The van der Waals surface area contributed by atoms with Crippen LogP contribution in [0.1, 0.15) is 49.5 Å². The van der Waals surface area contributed by atoms with Gasteiger partial charge in [0, 0.05) is 21.8 Å². The molecule has 0 saturated heterocycles. The zero-order valence-electron chi connectivity index (χ0n) is 12.2. The summed E-state index contributed by atoms with van der Waals surface area (Å²) in [5.74, 6) is -0.282. The second-order valence-electron chi connectivity index (χ2n) is 5.14. The Morgan fingerprint density at radius 1 is 1.30 bits per heavy atom. The van der Waals surface area contributed by atoms with E-state index in [0.29, 0.717) is 11.1 Å². The van der Waals surface area contributed by atoms with Crippen LogP contribution in [-0.4, -0.2) is 19.9 Å². The molecule has 0 aliphatic heterocycles. The van der Waals surface area contributed by atoms with Crippen molar-refractivity contribution >= 4 is 25.6 Å². The number of rotatable bonds is 5. The molecule has 0 aliphatic carbocycles. The van der Waals surface area contributed by atoms with E-state index in [4.69, 9.17) is 10.7 Å². The van der Waals surface area contributed by atoms with Gasteiger partial charge in [0.05, 0.1) is 4.90 Å². The first kappa shape index (κ1) is 17.0. The van der Waals surface area contributed by atoms with E-state index in [-0.39, 0.29) is 16.3 Å². The van der Waals surface area contributed by atoms with Crippen LogP contribution in [0, 0.1) is 6.92 Å². The van der Waals surface area contributed by atoms with E-state index in [2.05, 4.69) is 5.32 Å². The van der Waals surface area contributed by atoms with E-state index in [1.54, 1.807) is 13.0 Å². The first-order valence-corrected chi connectivity index (χ1v) is 8.81. The molecule has 112 valence electrons. The van der Waals surface area contributed by atoms with Crippen molar-refractivity contribution in [1.82, 2.24) is 5.32 Å². The highest BCUT2D eigenvalue weighted by Crippen LogP contribution is 2.21. The summed E-state index contributed by atoms with van der Waals surface area (Å²) >= 11 is 0. The largest absolute Gasteiger partial charge is 0.347 e. The summed E-state index contributed by atoms with van der Waals surface area (Å²) in [6.07, 6.45) is 1.59. The Kier molecular flexibility index (Phi) is 5.21. The molecule has 0 bridgehead atoms. The molecule has 0 unspecified atom stereocenters. The molecule has 4 nitrogen and oxygen atoms in total. The van der Waals surface area contributed by atoms with Crippen molar-refractivity contribution in [3.63, 3.8) is 0 Å². The Labute approximate surface area is 124 Å². The minimum absolute atomic E-state index is 0.0652. The SMILES string of the molecule is CCC(C)(CC)NC(=O)c1cc(S(=O)(=O)Cl)ccc1C. The van der Waals surface area contributed by atoms with Gasteiger partial charge in [-0.15, -0.1) is 0 Å². The highest BCUT2D eigenvalue weighted by Gasteiger charge is 2.24. The molecule has 1 aromatic carbocycles. The highest BCUT2D eigenvalue weighted by molar-refractivity contribution is 8.13. The molecular formula is C14H20ClNO3S. The minimum Gasteiger partial charge on any atom is -0.347 e. The van der Waals surface area contributed by atoms with Crippen molar-refractivity contribution in [1.29, 1.82) is 0 Å². The molecule has 0 fully saturated rings. The normalized spacial score (nSPS) is 12.2. The fourth-order valence-electron chi connectivity index (χ4n) is 1.77. The van der Waals surface area contributed by atoms with Crippen LogP contribution in [0.4, 0.5) is 0 Å². The number of benzene rings is 1. The molecule has 0 aromatic heterocycles. The monoisotopic (exact) mass is 317 g/mol. The van der Waals surface area contributed by atoms with Gasteiger partial charge in [-0.05, 0) is 44.4 Å². The predicted molar refractivity (Wildman–Crippen MR) is 80.7 cm³/mol. The average molecular weight is 318 g/mol. The Morgan fingerprint density at radius 2 is 1.85 bits per heavy atom. The molecule has 0 atom stereocenters. The van der Waals surface area contributed by atoms with E-state index < -0.39 is 9.05 Å². The summed E-state index contributed by atoms with van der Waals surface area (Å²) in [4.78, 5) is 12.3. The van der Waals surface area contributed by atoms with Crippen LogP contribution in [0.15, 0.2) is 23.1 Å². The highest BCUT2D eigenvalue weighted by atomic mass is 35.7.